The van der Waals surface area contributed by atoms with Gasteiger partial charge < -0.3 is 13.9 Å². The lowest BCUT2D eigenvalue weighted by Crippen LogP contribution is -2.20. The highest BCUT2D eigenvalue weighted by molar-refractivity contribution is 7.22. The number of ether oxygens (including phenoxy) is 2. The number of anilines is 1. The van der Waals surface area contributed by atoms with Crippen molar-refractivity contribution in [1.29, 1.82) is 0 Å². The van der Waals surface area contributed by atoms with Crippen LogP contribution in [0.5, 0.6) is 5.75 Å². The fraction of sp³-hybridized carbons (Fsp3) is 0.133. The maximum atomic E-state index is 11.9. The van der Waals surface area contributed by atoms with Crippen molar-refractivity contribution < 1.29 is 28.4 Å². The van der Waals surface area contributed by atoms with Crippen molar-refractivity contribution in [3.05, 3.63) is 46.2 Å². The summed E-state index contributed by atoms with van der Waals surface area (Å²) in [6, 6.07) is 7.40. The molecule has 0 atom stereocenters. The lowest BCUT2D eigenvalue weighted by molar-refractivity contribution is -0.402. The van der Waals surface area contributed by atoms with Crippen LogP contribution in [0.4, 0.5) is 11.0 Å². The van der Waals surface area contributed by atoms with Crippen LogP contribution < -0.4 is 10.1 Å². The molecule has 0 radical (unpaired) electrons. The molecule has 1 N–H and O–H groups in total. The highest BCUT2D eigenvalue weighted by Crippen LogP contribution is 2.29. The third kappa shape index (κ3) is 3.78. The first kappa shape index (κ1) is 17.4. The maximum absolute atomic E-state index is 11.9. The van der Waals surface area contributed by atoms with E-state index in [9.17, 15) is 19.7 Å². The second-order valence-electron chi connectivity index (χ2n) is 4.87. The molecule has 0 aliphatic carbocycles. The van der Waals surface area contributed by atoms with Crippen molar-refractivity contribution in [2.45, 2.75) is 0 Å². The van der Waals surface area contributed by atoms with E-state index in [0.717, 1.165) is 16.8 Å². The third-order valence-electron chi connectivity index (χ3n) is 3.15. The Morgan fingerprint density at radius 1 is 1.35 bits per heavy atom. The SMILES string of the molecule is COc1ccc2nc(NC(=O)COC(=O)c3ccc([N+](=O)[O-])o3)sc2c1. The molecule has 0 aliphatic heterocycles. The van der Waals surface area contributed by atoms with Gasteiger partial charge in [0.05, 0.1) is 23.4 Å². The van der Waals surface area contributed by atoms with Crippen molar-refractivity contribution in [1.82, 2.24) is 4.98 Å². The Kier molecular flexibility index (Phi) is 4.80. The normalized spacial score (nSPS) is 10.5. The fourth-order valence-electron chi connectivity index (χ4n) is 1.98. The van der Waals surface area contributed by atoms with E-state index in [0.29, 0.717) is 16.4 Å². The minimum Gasteiger partial charge on any atom is -0.497 e. The summed E-state index contributed by atoms with van der Waals surface area (Å²) in [6.45, 7) is -0.591. The van der Waals surface area contributed by atoms with Crippen molar-refractivity contribution in [2.75, 3.05) is 19.0 Å². The van der Waals surface area contributed by atoms with Crippen LogP contribution in [-0.2, 0) is 9.53 Å². The number of carbonyl (C=O) groups excluding carboxylic acids is 2. The van der Waals surface area contributed by atoms with Crippen molar-refractivity contribution in [3.63, 3.8) is 0 Å². The lowest BCUT2D eigenvalue weighted by atomic mass is 10.3. The molecule has 0 bridgehead atoms. The Hall–Kier alpha value is -3.47. The van der Waals surface area contributed by atoms with Gasteiger partial charge in [0.25, 0.3) is 5.91 Å². The zero-order valence-electron chi connectivity index (χ0n) is 13.3. The van der Waals surface area contributed by atoms with Gasteiger partial charge >= 0.3 is 11.9 Å². The topological polar surface area (TPSA) is 134 Å². The molecule has 0 fully saturated rings. The van der Waals surface area contributed by atoms with E-state index in [1.54, 1.807) is 25.3 Å². The highest BCUT2D eigenvalue weighted by atomic mass is 32.1. The summed E-state index contributed by atoms with van der Waals surface area (Å²) in [6.07, 6.45) is 0. The smallest absolute Gasteiger partial charge is 0.433 e. The van der Waals surface area contributed by atoms with Gasteiger partial charge in [-0.15, -0.1) is 0 Å². The third-order valence-corrected chi connectivity index (χ3v) is 4.08. The van der Waals surface area contributed by atoms with E-state index in [2.05, 4.69) is 10.3 Å². The zero-order chi connectivity index (χ0) is 18.7. The van der Waals surface area contributed by atoms with Gasteiger partial charge in [-0.3, -0.25) is 20.2 Å². The first-order valence-electron chi connectivity index (χ1n) is 7.12. The van der Waals surface area contributed by atoms with Crippen LogP contribution >= 0.6 is 11.3 Å². The van der Waals surface area contributed by atoms with Crippen molar-refractivity contribution in [3.8, 4) is 5.75 Å². The lowest BCUT2D eigenvalue weighted by Gasteiger charge is -2.02. The number of fused-ring (bicyclic) bond motifs is 1. The number of nitrogens with one attached hydrogen (secondary N) is 1. The number of rotatable bonds is 6. The van der Waals surface area contributed by atoms with E-state index >= 15 is 0 Å². The monoisotopic (exact) mass is 377 g/mol. The van der Waals surface area contributed by atoms with Gasteiger partial charge in [0, 0.05) is 0 Å². The van der Waals surface area contributed by atoms with Crippen LogP contribution in [0.3, 0.4) is 0 Å². The molecule has 134 valence electrons. The average molecular weight is 377 g/mol. The molecule has 1 aromatic carbocycles. The predicted molar refractivity (Wildman–Crippen MR) is 90.4 cm³/mol. The van der Waals surface area contributed by atoms with Gasteiger partial charge in [-0.05, 0) is 24.3 Å². The molecule has 26 heavy (non-hydrogen) atoms. The van der Waals surface area contributed by atoms with Crippen LogP contribution in [0.15, 0.2) is 34.7 Å². The number of aromatic nitrogens is 1. The standard InChI is InChI=1S/C15H11N3O7S/c1-23-8-2-3-9-11(6-8)26-15(16-9)17-12(19)7-24-14(20)10-4-5-13(25-10)18(21)22/h2-6H,7H2,1H3,(H,16,17,19). The van der Waals surface area contributed by atoms with Crippen LogP contribution in [-0.4, -0.2) is 35.5 Å². The quantitative estimate of drug-likeness (QED) is 0.393. The maximum Gasteiger partial charge on any atom is 0.433 e. The van der Waals surface area contributed by atoms with E-state index in [4.69, 9.17) is 13.9 Å². The summed E-state index contributed by atoms with van der Waals surface area (Å²) in [5.41, 5.74) is 0.686. The molecule has 10 nitrogen and oxygen atoms in total. The van der Waals surface area contributed by atoms with E-state index in [-0.39, 0.29) is 5.76 Å². The number of nitro groups is 1. The molecular weight excluding hydrogens is 366 g/mol. The Morgan fingerprint density at radius 3 is 2.85 bits per heavy atom. The molecule has 3 rings (SSSR count). The van der Waals surface area contributed by atoms with Gasteiger partial charge in [-0.2, -0.15) is 0 Å². The second kappa shape index (κ2) is 7.19. The molecule has 11 heteroatoms. The van der Waals surface area contributed by atoms with Gasteiger partial charge in [-0.1, -0.05) is 11.3 Å². The van der Waals surface area contributed by atoms with Crippen LogP contribution in [0.1, 0.15) is 10.6 Å². The first-order chi connectivity index (χ1) is 12.5. The molecule has 1 amide bonds. The van der Waals surface area contributed by atoms with Crippen LogP contribution in [0.25, 0.3) is 10.2 Å². The summed E-state index contributed by atoms with van der Waals surface area (Å²) >= 11 is 1.24. The second-order valence-corrected chi connectivity index (χ2v) is 5.90. The number of methoxy groups -OCH3 is 1. The number of hydrogen-bond acceptors (Lipinski definition) is 9. The largest absolute Gasteiger partial charge is 0.497 e. The molecule has 0 saturated carbocycles. The number of benzene rings is 1. The number of furan rings is 1. The molecule has 0 saturated heterocycles. The van der Waals surface area contributed by atoms with Gasteiger partial charge in [0.1, 0.15) is 10.7 Å². The van der Waals surface area contributed by atoms with Crippen LogP contribution in [0.2, 0.25) is 0 Å². The van der Waals surface area contributed by atoms with Crippen molar-refractivity contribution in [2.24, 2.45) is 0 Å². The van der Waals surface area contributed by atoms with Gasteiger partial charge in [0.2, 0.25) is 5.76 Å². The Labute approximate surface area is 149 Å². The fourth-order valence-corrected chi connectivity index (χ4v) is 2.89. The predicted octanol–water partition coefficient (Wildman–Crippen LogP) is 2.60. The molecule has 2 heterocycles. The van der Waals surface area contributed by atoms with Crippen LogP contribution in [0, 0.1) is 10.1 Å². The number of nitrogens with zero attached hydrogens (tertiary/aromatic N) is 2. The summed E-state index contributed by atoms with van der Waals surface area (Å²) in [5, 5.41) is 13.3. The minimum atomic E-state index is -0.984. The Bertz CT molecular complexity index is 994. The average Bonchev–Trinajstić information content (AvgIpc) is 3.25. The molecule has 2 aromatic heterocycles. The number of esters is 1. The number of amides is 1. The van der Waals surface area contributed by atoms with E-state index < -0.39 is 29.3 Å². The molecule has 3 aromatic rings. The van der Waals surface area contributed by atoms with Crippen molar-refractivity contribution >= 4 is 44.4 Å². The first-order valence-corrected chi connectivity index (χ1v) is 7.93. The molecule has 0 spiro atoms. The van der Waals surface area contributed by atoms with Gasteiger partial charge in [-0.25, -0.2) is 9.78 Å². The summed E-state index contributed by atoms with van der Waals surface area (Å²) in [7, 11) is 1.55. The molecule has 0 unspecified atom stereocenters. The Morgan fingerprint density at radius 2 is 2.15 bits per heavy atom. The number of carbonyl (C=O) groups is 2. The molecular formula is C15H11N3O7S. The summed E-state index contributed by atoms with van der Waals surface area (Å²) < 4.78 is 15.4. The summed E-state index contributed by atoms with van der Waals surface area (Å²) in [5.74, 6) is -1.88. The number of hydrogen-bond donors (Lipinski definition) is 1. The zero-order valence-corrected chi connectivity index (χ0v) is 14.1. The van der Waals surface area contributed by atoms with Gasteiger partial charge in [0.15, 0.2) is 11.7 Å². The van der Waals surface area contributed by atoms with E-state index in [1.165, 1.54) is 11.3 Å². The number of thiazole rings is 1. The minimum absolute atomic E-state index is 0.336. The van der Waals surface area contributed by atoms with E-state index in [1.807, 2.05) is 0 Å². The Balaban J connectivity index is 1.58. The summed E-state index contributed by atoms with van der Waals surface area (Å²) in [4.78, 5) is 37.5. The highest BCUT2D eigenvalue weighted by Gasteiger charge is 2.19. The molecule has 0 aliphatic rings.